The predicted octanol–water partition coefficient (Wildman–Crippen LogP) is 6.57. The summed E-state index contributed by atoms with van der Waals surface area (Å²) < 4.78 is 0. The van der Waals surface area contributed by atoms with Crippen molar-refractivity contribution in [1.29, 1.82) is 0 Å². The van der Waals surface area contributed by atoms with Crippen molar-refractivity contribution in [3.63, 3.8) is 0 Å². The van der Waals surface area contributed by atoms with Crippen molar-refractivity contribution >= 4 is 23.1 Å². The second kappa shape index (κ2) is 16.4. The lowest BCUT2D eigenvalue weighted by molar-refractivity contribution is -0.136. The molecule has 4 heteroatoms. The van der Waals surface area contributed by atoms with Crippen LogP contribution in [0.2, 0.25) is 0 Å². The van der Waals surface area contributed by atoms with Crippen LogP contribution in [0.15, 0.2) is 0 Å². The summed E-state index contributed by atoms with van der Waals surface area (Å²) in [6.45, 7) is 4.21. The summed E-state index contributed by atoms with van der Waals surface area (Å²) in [6, 6.07) is 0. The highest BCUT2D eigenvalue weighted by molar-refractivity contribution is 6.37. The molecule has 0 aliphatic heterocycles. The van der Waals surface area contributed by atoms with Crippen LogP contribution >= 0.6 is 0 Å². The maximum absolute atomic E-state index is 12.2. The van der Waals surface area contributed by atoms with Crippen molar-refractivity contribution in [3.05, 3.63) is 0 Å². The molecule has 1 saturated carbocycles. The number of rotatable bonds is 0. The third-order valence-electron chi connectivity index (χ3n) is 6.60. The summed E-state index contributed by atoms with van der Waals surface area (Å²) in [5.74, 6) is 0.786. The van der Waals surface area contributed by atoms with E-state index < -0.39 is 0 Å². The van der Waals surface area contributed by atoms with Gasteiger partial charge in [-0.3, -0.25) is 19.2 Å². The first-order valence-corrected chi connectivity index (χ1v) is 12.5. The van der Waals surface area contributed by atoms with Crippen LogP contribution in [0.3, 0.4) is 0 Å². The summed E-state index contributed by atoms with van der Waals surface area (Å²) in [5, 5.41) is 0. The number of hydrogen-bond donors (Lipinski definition) is 0. The number of carbonyl (C=O) groups is 4. The second-order valence-electron chi connectivity index (χ2n) is 9.53. The molecule has 0 amide bonds. The fourth-order valence-corrected chi connectivity index (χ4v) is 4.23. The van der Waals surface area contributed by atoms with Crippen LogP contribution in [0, 0.1) is 11.8 Å². The minimum absolute atomic E-state index is 0.197. The van der Waals surface area contributed by atoms with Gasteiger partial charge in [0, 0.05) is 38.5 Å². The molecule has 172 valence electrons. The van der Waals surface area contributed by atoms with Gasteiger partial charge in [0.2, 0.25) is 0 Å². The lowest BCUT2D eigenvalue weighted by atomic mass is 9.86. The van der Waals surface area contributed by atoms with Gasteiger partial charge in [-0.2, -0.15) is 0 Å². The molecule has 1 rings (SSSR count). The highest BCUT2D eigenvalue weighted by Crippen LogP contribution is 2.22. The molecule has 0 saturated heterocycles. The predicted molar refractivity (Wildman–Crippen MR) is 121 cm³/mol. The molecule has 0 spiro atoms. The van der Waals surface area contributed by atoms with Crippen LogP contribution in [0.4, 0.5) is 0 Å². The van der Waals surface area contributed by atoms with Crippen molar-refractivity contribution < 1.29 is 19.2 Å². The van der Waals surface area contributed by atoms with E-state index >= 15 is 0 Å². The topological polar surface area (TPSA) is 68.3 Å². The molecule has 1 unspecified atom stereocenters. The molecule has 1 fully saturated rings. The third-order valence-corrected chi connectivity index (χ3v) is 6.60. The van der Waals surface area contributed by atoms with Gasteiger partial charge in [0.15, 0.2) is 11.6 Å². The zero-order valence-corrected chi connectivity index (χ0v) is 19.5. The largest absolute Gasteiger partial charge is 0.300 e. The van der Waals surface area contributed by atoms with Crippen molar-refractivity contribution in [1.82, 2.24) is 0 Å². The van der Waals surface area contributed by atoms with E-state index in [0.717, 1.165) is 77.0 Å². The summed E-state index contributed by atoms with van der Waals surface area (Å²) in [5.41, 5.74) is 0. The Balaban J connectivity index is 2.43. The summed E-state index contributed by atoms with van der Waals surface area (Å²) in [4.78, 5) is 48.3. The molecular formula is C26H44O4. The molecular weight excluding hydrogens is 376 g/mol. The Kier molecular flexibility index (Phi) is 14.6. The van der Waals surface area contributed by atoms with E-state index in [-0.39, 0.29) is 23.4 Å². The summed E-state index contributed by atoms with van der Waals surface area (Å²) in [7, 11) is 0. The third kappa shape index (κ3) is 13.1. The van der Waals surface area contributed by atoms with Crippen molar-refractivity contribution in [2.45, 2.75) is 129 Å². The Morgan fingerprint density at radius 3 is 1.03 bits per heavy atom. The minimum atomic E-state index is -0.197. The zero-order chi connectivity index (χ0) is 22.2. The number of ketones is 4. The van der Waals surface area contributed by atoms with Crippen molar-refractivity contribution in [2.24, 2.45) is 11.8 Å². The van der Waals surface area contributed by atoms with E-state index in [9.17, 15) is 19.2 Å². The van der Waals surface area contributed by atoms with Gasteiger partial charge >= 0.3 is 0 Å². The highest BCUT2D eigenvalue weighted by atomic mass is 16.2. The van der Waals surface area contributed by atoms with Crippen molar-refractivity contribution in [3.8, 4) is 0 Å². The maximum atomic E-state index is 12.2. The first-order valence-electron chi connectivity index (χ1n) is 12.5. The minimum Gasteiger partial charge on any atom is -0.300 e. The molecule has 0 heterocycles. The Morgan fingerprint density at radius 1 is 0.433 bits per heavy atom. The van der Waals surface area contributed by atoms with Gasteiger partial charge in [-0.05, 0) is 37.5 Å². The molecule has 0 aromatic rings. The molecule has 0 radical (unpaired) electrons. The van der Waals surface area contributed by atoms with E-state index in [0.29, 0.717) is 50.1 Å². The van der Waals surface area contributed by atoms with Gasteiger partial charge in [-0.15, -0.1) is 0 Å². The molecule has 0 N–H and O–H groups in total. The Bertz CT molecular complexity index is 489. The van der Waals surface area contributed by atoms with Crippen LogP contribution in [0.1, 0.15) is 129 Å². The van der Waals surface area contributed by atoms with E-state index in [2.05, 4.69) is 13.8 Å². The molecule has 1 aliphatic rings. The van der Waals surface area contributed by atoms with E-state index in [1.54, 1.807) is 0 Å². The molecule has 1 aliphatic carbocycles. The monoisotopic (exact) mass is 420 g/mol. The van der Waals surface area contributed by atoms with Gasteiger partial charge in [-0.25, -0.2) is 0 Å². The SMILES string of the molecule is CC1CC(=O)CCCCCCCCC(=O)C(=O)CCCCCCCCC(=O)C[C@H]1C. The van der Waals surface area contributed by atoms with Gasteiger partial charge < -0.3 is 0 Å². The standard InChI is InChI=1S/C26H44O4/c1-21-19-23(27)15-11-7-3-5-9-13-17-25(29)26(30)18-14-10-6-4-8-12-16-24(28)20-22(21)2/h21-22H,3-20H2,1-2H3/t21-,22?/m1/s1. The van der Waals surface area contributed by atoms with Gasteiger partial charge in [0.25, 0.3) is 0 Å². The first kappa shape index (κ1) is 26.7. The van der Waals surface area contributed by atoms with E-state index in [1.165, 1.54) is 0 Å². The van der Waals surface area contributed by atoms with Crippen LogP contribution in [0.5, 0.6) is 0 Å². The molecule has 30 heavy (non-hydrogen) atoms. The lowest BCUT2D eigenvalue weighted by Gasteiger charge is -2.18. The molecule has 4 nitrogen and oxygen atoms in total. The Hall–Kier alpha value is -1.32. The number of carbonyl (C=O) groups excluding carboxylic acids is 4. The average Bonchev–Trinajstić information content (AvgIpc) is 2.70. The highest BCUT2D eigenvalue weighted by Gasteiger charge is 2.19. The number of hydrogen-bond acceptors (Lipinski definition) is 4. The lowest BCUT2D eigenvalue weighted by Crippen LogP contribution is -2.16. The van der Waals surface area contributed by atoms with E-state index in [4.69, 9.17) is 0 Å². The molecule has 0 aromatic heterocycles. The fraction of sp³-hybridized carbons (Fsp3) is 0.846. The number of Topliss-reactive ketones (excluding diaryl/α,β-unsaturated/α-hetero) is 4. The Labute approximate surface area is 184 Å². The first-order chi connectivity index (χ1) is 14.4. The van der Waals surface area contributed by atoms with Crippen LogP contribution in [-0.2, 0) is 19.2 Å². The quantitative estimate of drug-likeness (QED) is 0.416. The molecule has 0 bridgehead atoms. The van der Waals surface area contributed by atoms with Crippen LogP contribution in [0.25, 0.3) is 0 Å². The normalized spacial score (nSPS) is 26.9. The van der Waals surface area contributed by atoms with Gasteiger partial charge in [0.05, 0.1) is 0 Å². The Morgan fingerprint density at radius 2 is 0.700 bits per heavy atom. The van der Waals surface area contributed by atoms with Crippen molar-refractivity contribution in [2.75, 3.05) is 0 Å². The summed E-state index contributed by atoms with van der Waals surface area (Å²) in [6.07, 6.45) is 15.0. The van der Waals surface area contributed by atoms with E-state index in [1.807, 2.05) is 0 Å². The second-order valence-corrected chi connectivity index (χ2v) is 9.53. The maximum Gasteiger partial charge on any atom is 0.198 e. The smallest absolute Gasteiger partial charge is 0.198 e. The molecule has 2 atom stereocenters. The average molecular weight is 421 g/mol. The van der Waals surface area contributed by atoms with Gasteiger partial charge in [-0.1, -0.05) is 65.2 Å². The zero-order valence-electron chi connectivity index (χ0n) is 19.5. The van der Waals surface area contributed by atoms with Crippen LogP contribution in [-0.4, -0.2) is 23.1 Å². The summed E-state index contributed by atoms with van der Waals surface area (Å²) >= 11 is 0. The fourth-order valence-electron chi connectivity index (χ4n) is 4.23. The van der Waals surface area contributed by atoms with Gasteiger partial charge in [0.1, 0.15) is 11.6 Å². The van der Waals surface area contributed by atoms with Crippen LogP contribution < -0.4 is 0 Å². The molecule has 0 aromatic carbocycles.